The van der Waals surface area contributed by atoms with Gasteiger partial charge in [0.15, 0.2) is 0 Å². The standard InChI is InChI=1S/C32H33NO7/c1-2-29(34)38-23-22-37-21-20-36-19-17-33-32(35)40-31-27-14-8-6-12-25(27)30(26-13-7-9-15-28(26)31)39-18-16-24-10-4-3-5-11-24/h2-15H,1,16-23H2,(H,33,35). The molecule has 0 saturated heterocycles. The molecule has 0 atom stereocenters. The van der Waals surface area contributed by atoms with E-state index in [0.717, 1.165) is 39.8 Å². The summed E-state index contributed by atoms with van der Waals surface area (Å²) in [6, 6.07) is 25.7. The quantitative estimate of drug-likeness (QED) is 0.0921. The maximum atomic E-state index is 12.7. The summed E-state index contributed by atoms with van der Waals surface area (Å²) in [5, 5.41) is 6.06. The summed E-state index contributed by atoms with van der Waals surface area (Å²) in [4.78, 5) is 23.7. The largest absolute Gasteiger partial charge is 0.492 e. The first kappa shape index (κ1) is 28.6. The van der Waals surface area contributed by atoms with Gasteiger partial charge in [0.2, 0.25) is 0 Å². The Morgan fingerprint density at radius 2 is 1.23 bits per heavy atom. The molecule has 0 aromatic heterocycles. The molecule has 0 aliphatic heterocycles. The van der Waals surface area contributed by atoms with Crippen molar-refractivity contribution in [2.24, 2.45) is 0 Å². The van der Waals surface area contributed by atoms with Crippen LogP contribution < -0.4 is 14.8 Å². The van der Waals surface area contributed by atoms with E-state index in [0.29, 0.717) is 32.2 Å². The number of nitrogens with one attached hydrogen (secondary N) is 1. The Hall–Kier alpha value is -4.40. The molecule has 208 valence electrons. The molecule has 0 saturated carbocycles. The number of carbonyl (C=O) groups excluding carboxylic acids is 2. The molecule has 4 rings (SSSR count). The van der Waals surface area contributed by atoms with Crippen molar-refractivity contribution < 1.29 is 33.3 Å². The Labute approximate surface area is 233 Å². The van der Waals surface area contributed by atoms with E-state index >= 15 is 0 Å². The fraction of sp³-hybridized carbons (Fsp3) is 0.250. The Kier molecular flexibility index (Phi) is 10.9. The van der Waals surface area contributed by atoms with Crippen molar-refractivity contribution in [1.82, 2.24) is 5.32 Å². The van der Waals surface area contributed by atoms with E-state index in [-0.39, 0.29) is 19.8 Å². The van der Waals surface area contributed by atoms with Crippen LogP contribution in [0.15, 0.2) is 91.5 Å². The number of carbonyl (C=O) groups is 2. The van der Waals surface area contributed by atoms with Gasteiger partial charge in [0.25, 0.3) is 0 Å². The second-order valence-corrected chi connectivity index (χ2v) is 8.75. The van der Waals surface area contributed by atoms with Crippen LogP contribution in [0.2, 0.25) is 0 Å². The number of ether oxygens (including phenoxy) is 5. The first-order chi connectivity index (χ1) is 19.7. The minimum Gasteiger partial charge on any atom is -0.492 e. The summed E-state index contributed by atoms with van der Waals surface area (Å²) < 4.78 is 27.8. The van der Waals surface area contributed by atoms with Crippen molar-refractivity contribution in [1.29, 1.82) is 0 Å². The van der Waals surface area contributed by atoms with Crippen molar-refractivity contribution in [2.75, 3.05) is 46.2 Å². The van der Waals surface area contributed by atoms with E-state index in [9.17, 15) is 9.59 Å². The van der Waals surface area contributed by atoms with Gasteiger partial charge in [-0.1, -0.05) is 85.4 Å². The SMILES string of the molecule is C=CC(=O)OCCOCCOCCNC(=O)Oc1c2ccccc2c(OCCc2ccccc2)c2ccccc12. The molecule has 0 spiro atoms. The Morgan fingerprint density at radius 3 is 1.85 bits per heavy atom. The number of esters is 1. The highest BCUT2D eigenvalue weighted by molar-refractivity contribution is 6.11. The maximum absolute atomic E-state index is 12.7. The summed E-state index contributed by atoms with van der Waals surface area (Å²) in [5.41, 5.74) is 1.20. The third-order valence-electron chi connectivity index (χ3n) is 6.03. The zero-order valence-corrected chi connectivity index (χ0v) is 22.3. The predicted molar refractivity (Wildman–Crippen MR) is 154 cm³/mol. The number of hydrogen-bond acceptors (Lipinski definition) is 7. The molecule has 4 aromatic rings. The first-order valence-corrected chi connectivity index (χ1v) is 13.2. The van der Waals surface area contributed by atoms with Gasteiger partial charge in [0.05, 0.1) is 33.0 Å². The minimum atomic E-state index is -0.572. The molecular weight excluding hydrogens is 510 g/mol. The van der Waals surface area contributed by atoms with Gasteiger partial charge in [-0.3, -0.25) is 0 Å². The summed E-state index contributed by atoms with van der Waals surface area (Å²) in [7, 11) is 0. The summed E-state index contributed by atoms with van der Waals surface area (Å²) in [6.45, 7) is 5.51. The van der Waals surface area contributed by atoms with Gasteiger partial charge < -0.3 is 29.0 Å². The van der Waals surface area contributed by atoms with Crippen LogP contribution in [-0.4, -0.2) is 58.2 Å². The van der Waals surface area contributed by atoms with Gasteiger partial charge in [0.1, 0.15) is 18.1 Å². The van der Waals surface area contributed by atoms with Crippen LogP contribution in [0.4, 0.5) is 4.79 Å². The minimum absolute atomic E-state index is 0.155. The molecule has 0 unspecified atom stereocenters. The van der Waals surface area contributed by atoms with Gasteiger partial charge in [-0.2, -0.15) is 0 Å². The average Bonchev–Trinajstić information content (AvgIpc) is 2.99. The number of benzene rings is 4. The molecule has 1 N–H and O–H groups in total. The van der Waals surface area contributed by atoms with E-state index in [4.69, 9.17) is 23.7 Å². The monoisotopic (exact) mass is 543 g/mol. The second kappa shape index (κ2) is 15.3. The van der Waals surface area contributed by atoms with Gasteiger partial charge in [0, 0.05) is 40.6 Å². The lowest BCUT2D eigenvalue weighted by molar-refractivity contribution is -0.139. The zero-order valence-electron chi connectivity index (χ0n) is 22.3. The lowest BCUT2D eigenvalue weighted by Gasteiger charge is -2.17. The smallest absolute Gasteiger partial charge is 0.412 e. The molecule has 0 aliphatic carbocycles. The van der Waals surface area contributed by atoms with Crippen LogP contribution in [0.1, 0.15) is 5.56 Å². The van der Waals surface area contributed by atoms with Crippen LogP contribution in [0, 0.1) is 0 Å². The average molecular weight is 544 g/mol. The molecular formula is C32H33NO7. The fourth-order valence-electron chi connectivity index (χ4n) is 4.17. The normalized spacial score (nSPS) is 10.8. The van der Waals surface area contributed by atoms with E-state index < -0.39 is 12.1 Å². The Morgan fingerprint density at radius 1 is 0.675 bits per heavy atom. The van der Waals surface area contributed by atoms with Crippen molar-refractivity contribution >= 4 is 33.6 Å². The third kappa shape index (κ3) is 8.05. The van der Waals surface area contributed by atoms with Crippen molar-refractivity contribution in [3.63, 3.8) is 0 Å². The van der Waals surface area contributed by atoms with E-state index in [1.807, 2.05) is 66.7 Å². The van der Waals surface area contributed by atoms with Crippen LogP contribution in [0.25, 0.3) is 21.5 Å². The highest BCUT2D eigenvalue weighted by Gasteiger charge is 2.18. The fourth-order valence-corrected chi connectivity index (χ4v) is 4.17. The topological polar surface area (TPSA) is 92.3 Å². The third-order valence-corrected chi connectivity index (χ3v) is 6.03. The van der Waals surface area contributed by atoms with E-state index in [1.54, 1.807) is 0 Å². The maximum Gasteiger partial charge on any atom is 0.412 e. The van der Waals surface area contributed by atoms with Gasteiger partial charge in [-0.15, -0.1) is 0 Å². The van der Waals surface area contributed by atoms with Gasteiger partial charge in [-0.05, 0) is 5.56 Å². The molecule has 0 heterocycles. The molecule has 4 aromatic carbocycles. The molecule has 0 aliphatic rings. The Balaban J connectivity index is 1.33. The summed E-state index contributed by atoms with van der Waals surface area (Å²) in [6.07, 6.45) is 1.31. The Bertz CT molecular complexity index is 1360. The van der Waals surface area contributed by atoms with Crippen molar-refractivity contribution in [2.45, 2.75) is 6.42 Å². The molecule has 40 heavy (non-hydrogen) atoms. The molecule has 1 amide bonds. The number of amides is 1. The highest BCUT2D eigenvalue weighted by atomic mass is 16.6. The van der Waals surface area contributed by atoms with Gasteiger partial charge in [-0.25, -0.2) is 9.59 Å². The van der Waals surface area contributed by atoms with Crippen LogP contribution in [0.5, 0.6) is 11.5 Å². The molecule has 0 radical (unpaired) electrons. The van der Waals surface area contributed by atoms with Crippen LogP contribution in [-0.2, 0) is 25.4 Å². The van der Waals surface area contributed by atoms with Crippen molar-refractivity contribution in [3.05, 3.63) is 97.1 Å². The first-order valence-electron chi connectivity index (χ1n) is 13.2. The number of rotatable bonds is 15. The second-order valence-electron chi connectivity index (χ2n) is 8.75. The summed E-state index contributed by atoms with van der Waals surface area (Å²) >= 11 is 0. The number of fused-ring (bicyclic) bond motifs is 2. The zero-order chi connectivity index (χ0) is 28.0. The van der Waals surface area contributed by atoms with E-state index in [1.165, 1.54) is 5.56 Å². The molecule has 8 nitrogen and oxygen atoms in total. The molecule has 0 bridgehead atoms. The van der Waals surface area contributed by atoms with Crippen LogP contribution in [0.3, 0.4) is 0 Å². The van der Waals surface area contributed by atoms with Gasteiger partial charge >= 0.3 is 12.1 Å². The lowest BCUT2D eigenvalue weighted by Crippen LogP contribution is -2.30. The summed E-state index contributed by atoms with van der Waals surface area (Å²) in [5.74, 6) is 0.761. The molecule has 8 heteroatoms. The van der Waals surface area contributed by atoms with Crippen LogP contribution >= 0.6 is 0 Å². The molecule has 0 fully saturated rings. The highest BCUT2D eigenvalue weighted by Crippen LogP contribution is 2.42. The predicted octanol–water partition coefficient (Wildman–Crippen LogP) is 5.47. The lowest BCUT2D eigenvalue weighted by atomic mass is 10.0. The number of hydrogen-bond donors (Lipinski definition) is 1. The van der Waals surface area contributed by atoms with E-state index in [2.05, 4.69) is 24.0 Å². The van der Waals surface area contributed by atoms with Crippen molar-refractivity contribution in [3.8, 4) is 11.5 Å².